The second-order valence-corrected chi connectivity index (χ2v) is 4.13. The van der Waals surface area contributed by atoms with Crippen molar-refractivity contribution in [2.75, 3.05) is 23.8 Å². The zero-order chi connectivity index (χ0) is 13.7. The van der Waals surface area contributed by atoms with Gasteiger partial charge in [0.15, 0.2) is 0 Å². The van der Waals surface area contributed by atoms with Crippen LogP contribution in [0.5, 0.6) is 0 Å². The molecule has 0 aliphatic rings. The van der Waals surface area contributed by atoms with Crippen LogP contribution in [0, 0.1) is 5.82 Å². The van der Waals surface area contributed by atoms with Gasteiger partial charge in [0.1, 0.15) is 11.6 Å². The maximum Gasteiger partial charge on any atom is 0.144 e. The molecule has 0 aliphatic carbocycles. The van der Waals surface area contributed by atoms with Crippen molar-refractivity contribution >= 4 is 11.5 Å². The number of nitrogens with zero attached hydrogens (tertiary/aromatic N) is 3. The highest BCUT2D eigenvalue weighted by Gasteiger charge is 2.06. The number of anilines is 2. The van der Waals surface area contributed by atoms with Crippen LogP contribution in [0.1, 0.15) is 12.6 Å². The van der Waals surface area contributed by atoms with Gasteiger partial charge in [0.25, 0.3) is 0 Å². The van der Waals surface area contributed by atoms with Crippen LogP contribution in [0.4, 0.5) is 15.9 Å². The molecule has 0 spiro atoms. The van der Waals surface area contributed by atoms with E-state index in [1.807, 2.05) is 0 Å². The van der Waals surface area contributed by atoms with E-state index in [1.165, 1.54) is 12.1 Å². The molecule has 0 atom stereocenters. The van der Waals surface area contributed by atoms with Crippen molar-refractivity contribution in [3.05, 3.63) is 48.2 Å². The summed E-state index contributed by atoms with van der Waals surface area (Å²) in [4.78, 5) is 10.7. The molecular formula is C14H17FN4. The first-order valence-electron chi connectivity index (χ1n) is 6.22. The number of aromatic nitrogens is 2. The Kier molecular flexibility index (Phi) is 4.28. The van der Waals surface area contributed by atoms with Crippen LogP contribution in [0.25, 0.3) is 0 Å². The summed E-state index contributed by atoms with van der Waals surface area (Å²) in [5, 5.41) is 2.93. The lowest BCUT2D eigenvalue weighted by atomic mass is 10.2. The Morgan fingerprint density at radius 1 is 1.16 bits per heavy atom. The van der Waals surface area contributed by atoms with Crippen molar-refractivity contribution in [3.8, 4) is 0 Å². The van der Waals surface area contributed by atoms with E-state index >= 15 is 0 Å². The van der Waals surface area contributed by atoms with Gasteiger partial charge >= 0.3 is 0 Å². The molecule has 1 heterocycles. The van der Waals surface area contributed by atoms with Crippen LogP contribution in [0.15, 0.2) is 36.7 Å². The Balaban J connectivity index is 2.11. The average Bonchev–Trinajstić information content (AvgIpc) is 2.46. The smallest absolute Gasteiger partial charge is 0.144 e. The normalized spacial score (nSPS) is 10.3. The molecule has 5 heteroatoms. The van der Waals surface area contributed by atoms with Crippen molar-refractivity contribution < 1.29 is 4.39 Å². The molecule has 1 aromatic heterocycles. The molecule has 0 fully saturated rings. The summed E-state index contributed by atoms with van der Waals surface area (Å²) in [6.45, 7) is 3.53. The van der Waals surface area contributed by atoms with Gasteiger partial charge in [0, 0.05) is 19.3 Å². The number of halogens is 1. The van der Waals surface area contributed by atoms with E-state index in [0.717, 1.165) is 23.7 Å². The lowest BCUT2D eigenvalue weighted by Crippen LogP contribution is -2.22. The molecular weight excluding hydrogens is 243 g/mol. The summed E-state index contributed by atoms with van der Waals surface area (Å²) in [5.74, 6) is 0.520. The maximum absolute atomic E-state index is 12.9. The highest BCUT2D eigenvalue weighted by Crippen LogP contribution is 2.16. The molecule has 100 valence electrons. The lowest BCUT2D eigenvalue weighted by molar-refractivity contribution is 0.627. The first-order chi connectivity index (χ1) is 9.22. The summed E-state index contributed by atoms with van der Waals surface area (Å²) in [5.41, 5.74) is 1.86. The lowest BCUT2D eigenvalue weighted by Gasteiger charge is -2.22. The second kappa shape index (κ2) is 6.13. The summed E-state index contributed by atoms with van der Waals surface area (Å²) >= 11 is 0. The van der Waals surface area contributed by atoms with Crippen LogP contribution in [0.3, 0.4) is 0 Å². The van der Waals surface area contributed by atoms with Crippen molar-refractivity contribution in [2.24, 2.45) is 0 Å². The SMILES string of the molecule is CCN(Cc1cnc(NC)cn1)c1ccc(F)cc1. The van der Waals surface area contributed by atoms with E-state index in [-0.39, 0.29) is 5.82 Å². The van der Waals surface area contributed by atoms with E-state index in [9.17, 15) is 4.39 Å². The van der Waals surface area contributed by atoms with Crippen molar-refractivity contribution in [2.45, 2.75) is 13.5 Å². The number of nitrogens with one attached hydrogen (secondary N) is 1. The quantitative estimate of drug-likeness (QED) is 0.897. The Morgan fingerprint density at radius 3 is 2.42 bits per heavy atom. The zero-order valence-electron chi connectivity index (χ0n) is 11.1. The Morgan fingerprint density at radius 2 is 1.89 bits per heavy atom. The molecule has 2 aromatic rings. The van der Waals surface area contributed by atoms with Gasteiger partial charge in [-0.15, -0.1) is 0 Å². The third kappa shape index (κ3) is 3.40. The van der Waals surface area contributed by atoms with Crippen LogP contribution < -0.4 is 10.2 Å². The second-order valence-electron chi connectivity index (χ2n) is 4.13. The standard InChI is InChI=1S/C14H17FN4/c1-3-19(13-6-4-11(15)5-7-13)10-12-8-18-14(16-2)9-17-12/h4-9H,3,10H2,1-2H3,(H,16,18). The molecule has 1 N–H and O–H groups in total. The van der Waals surface area contributed by atoms with Gasteiger partial charge in [0.2, 0.25) is 0 Å². The Labute approximate surface area is 112 Å². The molecule has 19 heavy (non-hydrogen) atoms. The predicted octanol–water partition coefficient (Wildman–Crippen LogP) is 2.68. The minimum absolute atomic E-state index is 0.224. The minimum Gasteiger partial charge on any atom is -0.372 e. The van der Waals surface area contributed by atoms with Gasteiger partial charge in [-0.25, -0.2) is 9.37 Å². The highest BCUT2D eigenvalue weighted by molar-refractivity contribution is 5.46. The molecule has 0 aliphatic heterocycles. The van der Waals surface area contributed by atoms with Crippen LogP contribution >= 0.6 is 0 Å². The summed E-state index contributed by atoms with van der Waals surface area (Å²) in [7, 11) is 1.81. The average molecular weight is 260 g/mol. The summed E-state index contributed by atoms with van der Waals surface area (Å²) in [6.07, 6.45) is 3.45. The van der Waals surface area contributed by atoms with E-state index in [0.29, 0.717) is 6.54 Å². The van der Waals surface area contributed by atoms with Crippen molar-refractivity contribution in [1.82, 2.24) is 9.97 Å². The third-order valence-corrected chi connectivity index (χ3v) is 2.89. The fraction of sp³-hybridized carbons (Fsp3) is 0.286. The summed E-state index contributed by atoms with van der Waals surface area (Å²) in [6, 6.07) is 6.48. The van der Waals surface area contributed by atoms with Gasteiger partial charge in [0.05, 0.1) is 24.6 Å². The first kappa shape index (κ1) is 13.3. The van der Waals surface area contributed by atoms with Crippen LogP contribution in [-0.4, -0.2) is 23.6 Å². The zero-order valence-corrected chi connectivity index (χ0v) is 11.1. The molecule has 2 rings (SSSR count). The number of hydrogen-bond acceptors (Lipinski definition) is 4. The van der Waals surface area contributed by atoms with Gasteiger partial charge in [-0.05, 0) is 31.2 Å². The third-order valence-electron chi connectivity index (χ3n) is 2.89. The number of benzene rings is 1. The van der Waals surface area contributed by atoms with Crippen LogP contribution in [0.2, 0.25) is 0 Å². The Hall–Kier alpha value is -2.17. The Bertz CT molecular complexity index is 510. The van der Waals surface area contributed by atoms with E-state index < -0.39 is 0 Å². The molecule has 0 saturated heterocycles. The topological polar surface area (TPSA) is 41.1 Å². The number of hydrogen-bond donors (Lipinski definition) is 1. The molecule has 0 saturated carbocycles. The molecule has 1 aromatic carbocycles. The molecule has 0 unspecified atom stereocenters. The van der Waals surface area contributed by atoms with Crippen molar-refractivity contribution in [1.29, 1.82) is 0 Å². The summed E-state index contributed by atoms with van der Waals surface area (Å²) < 4.78 is 12.9. The molecule has 0 bridgehead atoms. The molecule has 0 radical (unpaired) electrons. The van der Waals surface area contributed by atoms with Gasteiger partial charge in [-0.3, -0.25) is 4.98 Å². The minimum atomic E-state index is -0.224. The van der Waals surface area contributed by atoms with Gasteiger partial charge in [-0.2, -0.15) is 0 Å². The molecule has 0 amide bonds. The molecule has 4 nitrogen and oxygen atoms in total. The maximum atomic E-state index is 12.9. The van der Waals surface area contributed by atoms with Crippen LogP contribution in [-0.2, 0) is 6.54 Å². The predicted molar refractivity (Wildman–Crippen MR) is 74.7 cm³/mol. The fourth-order valence-corrected chi connectivity index (χ4v) is 1.80. The van der Waals surface area contributed by atoms with E-state index in [4.69, 9.17) is 0 Å². The van der Waals surface area contributed by atoms with Crippen molar-refractivity contribution in [3.63, 3.8) is 0 Å². The van der Waals surface area contributed by atoms with E-state index in [1.54, 1.807) is 31.6 Å². The fourth-order valence-electron chi connectivity index (χ4n) is 1.80. The van der Waals surface area contributed by atoms with E-state index in [2.05, 4.69) is 27.1 Å². The largest absolute Gasteiger partial charge is 0.372 e. The van der Waals surface area contributed by atoms with Gasteiger partial charge < -0.3 is 10.2 Å². The number of rotatable bonds is 5. The van der Waals surface area contributed by atoms with Gasteiger partial charge in [-0.1, -0.05) is 0 Å². The highest BCUT2D eigenvalue weighted by atomic mass is 19.1. The first-order valence-corrected chi connectivity index (χ1v) is 6.22. The monoisotopic (exact) mass is 260 g/mol.